The number of amides is 1. The molecular weight excluding hydrogens is 274 g/mol. The monoisotopic (exact) mass is 291 g/mol. The number of carbonyl (C=O) groups excluding carboxylic acids is 1. The largest absolute Gasteiger partial charge is 0.480 e. The van der Waals surface area contributed by atoms with Gasteiger partial charge in [-0.2, -0.15) is 5.10 Å². The van der Waals surface area contributed by atoms with Gasteiger partial charge in [-0.25, -0.2) is 4.79 Å². The lowest BCUT2D eigenvalue weighted by Gasteiger charge is -2.14. The van der Waals surface area contributed by atoms with Crippen molar-refractivity contribution in [1.29, 1.82) is 0 Å². The molecule has 1 unspecified atom stereocenters. The molecule has 0 spiro atoms. The van der Waals surface area contributed by atoms with Crippen molar-refractivity contribution in [2.45, 2.75) is 18.9 Å². The fraction of sp³-hybridized carbons (Fsp3) is 0.357. The molecule has 21 heavy (non-hydrogen) atoms. The topological polar surface area (TPSA) is 104 Å². The SMILES string of the molecule is COCCCC(NC(=O)c1ccc2cn[nH]c2c1)C(=O)O. The van der Waals surface area contributed by atoms with Crippen LogP contribution in [-0.2, 0) is 9.53 Å². The van der Waals surface area contributed by atoms with E-state index in [1.165, 1.54) is 0 Å². The van der Waals surface area contributed by atoms with E-state index in [-0.39, 0.29) is 0 Å². The zero-order valence-electron chi connectivity index (χ0n) is 11.6. The Morgan fingerprint density at radius 1 is 1.48 bits per heavy atom. The molecule has 1 amide bonds. The van der Waals surface area contributed by atoms with Crippen LogP contribution in [0.5, 0.6) is 0 Å². The predicted molar refractivity (Wildman–Crippen MR) is 76.1 cm³/mol. The fourth-order valence-corrected chi connectivity index (χ4v) is 2.01. The highest BCUT2D eigenvalue weighted by Crippen LogP contribution is 2.13. The van der Waals surface area contributed by atoms with Gasteiger partial charge >= 0.3 is 5.97 Å². The number of hydrogen-bond acceptors (Lipinski definition) is 4. The minimum atomic E-state index is -1.05. The van der Waals surface area contributed by atoms with Gasteiger partial charge in [-0.1, -0.05) is 6.07 Å². The number of aliphatic carboxylic acids is 1. The Bertz CT molecular complexity index is 638. The van der Waals surface area contributed by atoms with E-state index in [1.807, 2.05) is 0 Å². The fourth-order valence-electron chi connectivity index (χ4n) is 2.01. The van der Waals surface area contributed by atoms with Crippen molar-refractivity contribution in [3.8, 4) is 0 Å². The summed E-state index contributed by atoms with van der Waals surface area (Å²) in [7, 11) is 1.55. The lowest BCUT2D eigenvalue weighted by atomic mass is 10.1. The number of ether oxygens (including phenoxy) is 1. The molecule has 0 saturated carbocycles. The maximum absolute atomic E-state index is 12.1. The van der Waals surface area contributed by atoms with E-state index in [1.54, 1.807) is 31.5 Å². The van der Waals surface area contributed by atoms with Gasteiger partial charge in [-0.05, 0) is 25.0 Å². The first kappa shape index (κ1) is 15.0. The number of fused-ring (bicyclic) bond motifs is 1. The van der Waals surface area contributed by atoms with Gasteiger partial charge in [0.2, 0.25) is 0 Å². The van der Waals surface area contributed by atoms with Crippen LogP contribution in [0.3, 0.4) is 0 Å². The molecule has 112 valence electrons. The molecule has 1 aromatic heterocycles. The zero-order valence-corrected chi connectivity index (χ0v) is 11.6. The number of H-pyrrole nitrogens is 1. The maximum Gasteiger partial charge on any atom is 0.326 e. The third kappa shape index (κ3) is 3.79. The van der Waals surface area contributed by atoms with Gasteiger partial charge < -0.3 is 15.2 Å². The Morgan fingerprint density at radius 3 is 3.00 bits per heavy atom. The van der Waals surface area contributed by atoms with Crippen LogP contribution in [0, 0.1) is 0 Å². The zero-order chi connectivity index (χ0) is 15.2. The van der Waals surface area contributed by atoms with Crippen molar-refractivity contribution in [1.82, 2.24) is 15.5 Å². The number of aromatic nitrogens is 2. The van der Waals surface area contributed by atoms with Crippen LogP contribution in [0.1, 0.15) is 23.2 Å². The molecule has 0 bridgehead atoms. The Labute approximate surface area is 121 Å². The third-order valence-electron chi connectivity index (χ3n) is 3.15. The summed E-state index contributed by atoms with van der Waals surface area (Å²) >= 11 is 0. The molecule has 2 aromatic rings. The molecule has 1 atom stereocenters. The molecule has 0 saturated heterocycles. The number of methoxy groups -OCH3 is 1. The highest BCUT2D eigenvalue weighted by molar-refractivity contribution is 5.99. The second-order valence-corrected chi connectivity index (χ2v) is 4.67. The number of rotatable bonds is 7. The van der Waals surface area contributed by atoms with Crippen molar-refractivity contribution in [2.75, 3.05) is 13.7 Å². The smallest absolute Gasteiger partial charge is 0.326 e. The summed E-state index contributed by atoms with van der Waals surface area (Å²) in [5.74, 6) is -1.47. The van der Waals surface area contributed by atoms with Gasteiger partial charge in [0.1, 0.15) is 6.04 Å². The van der Waals surface area contributed by atoms with Crippen molar-refractivity contribution in [2.24, 2.45) is 0 Å². The first-order chi connectivity index (χ1) is 10.1. The Balaban J connectivity index is 2.05. The average Bonchev–Trinajstić information content (AvgIpc) is 2.93. The quantitative estimate of drug-likeness (QED) is 0.664. The van der Waals surface area contributed by atoms with Gasteiger partial charge in [0.15, 0.2) is 0 Å². The lowest BCUT2D eigenvalue weighted by molar-refractivity contribution is -0.139. The number of aromatic amines is 1. The van der Waals surface area contributed by atoms with Crippen LogP contribution in [0.2, 0.25) is 0 Å². The van der Waals surface area contributed by atoms with Crippen molar-refractivity contribution < 1.29 is 19.4 Å². The average molecular weight is 291 g/mol. The molecule has 1 aromatic carbocycles. The molecule has 7 nitrogen and oxygen atoms in total. The highest BCUT2D eigenvalue weighted by Gasteiger charge is 2.20. The second-order valence-electron chi connectivity index (χ2n) is 4.67. The molecule has 0 fully saturated rings. The van der Waals surface area contributed by atoms with Gasteiger partial charge in [0.05, 0.1) is 11.7 Å². The summed E-state index contributed by atoms with van der Waals surface area (Å²) in [6.45, 7) is 0.458. The summed E-state index contributed by atoms with van der Waals surface area (Å²) in [5.41, 5.74) is 1.12. The number of carbonyl (C=O) groups is 2. The summed E-state index contributed by atoms with van der Waals surface area (Å²) in [6, 6.07) is 4.12. The number of hydrogen-bond donors (Lipinski definition) is 3. The Hall–Kier alpha value is -2.41. The molecule has 2 rings (SSSR count). The molecule has 0 aliphatic carbocycles. The van der Waals surface area contributed by atoms with Crippen molar-refractivity contribution in [3.63, 3.8) is 0 Å². The highest BCUT2D eigenvalue weighted by atomic mass is 16.5. The minimum Gasteiger partial charge on any atom is -0.480 e. The first-order valence-corrected chi connectivity index (χ1v) is 6.57. The summed E-state index contributed by atoms with van der Waals surface area (Å²) < 4.78 is 4.88. The third-order valence-corrected chi connectivity index (χ3v) is 3.15. The number of nitrogens with one attached hydrogen (secondary N) is 2. The summed E-state index contributed by atoms with van der Waals surface area (Å²) in [6.07, 6.45) is 2.54. The molecule has 0 aliphatic rings. The molecule has 7 heteroatoms. The van der Waals surface area contributed by atoms with Gasteiger partial charge in [-0.3, -0.25) is 9.89 Å². The van der Waals surface area contributed by atoms with E-state index < -0.39 is 17.9 Å². The molecule has 0 radical (unpaired) electrons. The van der Waals surface area contributed by atoms with Crippen molar-refractivity contribution in [3.05, 3.63) is 30.0 Å². The number of carboxylic acid groups (broad SMARTS) is 1. The predicted octanol–water partition coefficient (Wildman–Crippen LogP) is 1.17. The number of benzene rings is 1. The van der Waals surface area contributed by atoms with Crippen LogP contribution in [0.4, 0.5) is 0 Å². The van der Waals surface area contributed by atoms with E-state index in [2.05, 4.69) is 15.5 Å². The molecule has 3 N–H and O–H groups in total. The van der Waals surface area contributed by atoms with E-state index in [0.717, 1.165) is 10.9 Å². The number of carboxylic acids is 1. The standard InChI is InChI=1S/C14H17N3O4/c1-21-6-2-3-11(14(19)20)16-13(18)9-4-5-10-8-15-17-12(10)7-9/h4-5,7-8,11H,2-3,6H2,1H3,(H,15,17)(H,16,18)(H,19,20). The van der Waals surface area contributed by atoms with E-state index >= 15 is 0 Å². The van der Waals surface area contributed by atoms with Crippen LogP contribution >= 0.6 is 0 Å². The summed E-state index contributed by atoms with van der Waals surface area (Å²) in [4.78, 5) is 23.3. The molecular formula is C14H17N3O4. The van der Waals surface area contributed by atoms with Crippen molar-refractivity contribution >= 4 is 22.8 Å². The maximum atomic E-state index is 12.1. The van der Waals surface area contributed by atoms with Crippen LogP contribution in [0.15, 0.2) is 24.4 Å². The van der Waals surface area contributed by atoms with Gasteiger partial charge in [0, 0.05) is 24.7 Å². The van der Waals surface area contributed by atoms with E-state index in [9.17, 15) is 9.59 Å². The van der Waals surface area contributed by atoms with Crippen LogP contribution in [-0.4, -0.2) is 46.9 Å². The van der Waals surface area contributed by atoms with E-state index in [4.69, 9.17) is 9.84 Å². The van der Waals surface area contributed by atoms with Crippen LogP contribution in [0.25, 0.3) is 10.9 Å². The first-order valence-electron chi connectivity index (χ1n) is 6.57. The Morgan fingerprint density at radius 2 is 2.29 bits per heavy atom. The normalized spacial score (nSPS) is 12.2. The lowest BCUT2D eigenvalue weighted by Crippen LogP contribution is -2.40. The second kappa shape index (κ2) is 6.85. The van der Waals surface area contributed by atoms with Gasteiger partial charge in [-0.15, -0.1) is 0 Å². The van der Waals surface area contributed by atoms with E-state index in [0.29, 0.717) is 25.0 Å². The Kier molecular flexibility index (Phi) is 4.89. The van der Waals surface area contributed by atoms with Gasteiger partial charge in [0.25, 0.3) is 5.91 Å². The molecule has 0 aliphatic heterocycles. The number of nitrogens with zero attached hydrogens (tertiary/aromatic N) is 1. The summed E-state index contributed by atoms with van der Waals surface area (Å²) in [5, 5.41) is 19.2. The minimum absolute atomic E-state index is 0.321. The molecule has 1 heterocycles. The van der Waals surface area contributed by atoms with Crippen LogP contribution < -0.4 is 5.32 Å².